The largest absolute Gasteiger partial charge is 0.313 e. The molecule has 118 valence electrons. The zero-order chi connectivity index (χ0) is 15.6. The Hall–Kier alpha value is -0.890. The molecule has 0 amide bonds. The minimum absolute atomic E-state index is 0.0575. The fraction of sp³-hybridized carbons (Fsp3) is 0.684. The van der Waals surface area contributed by atoms with Gasteiger partial charge < -0.3 is 5.32 Å². The molecule has 1 nitrogen and oxygen atoms in total. The summed E-state index contributed by atoms with van der Waals surface area (Å²) in [6.45, 7) is 8.38. The van der Waals surface area contributed by atoms with Gasteiger partial charge in [0.1, 0.15) is 5.82 Å². The molecule has 1 N–H and O–H groups in total. The first-order chi connectivity index (χ1) is 9.89. The number of rotatable bonds is 5. The summed E-state index contributed by atoms with van der Waals surface area (Å²) in [5.41, 5.74) is 3.13. The topological polar surface area (TPSA) is 12.0 Å². The molecule has 1 aromatic carbocycles. The van der Waals surface area contributed by atoms with Crippen LogP contribution < -0.4 is 5.32 Å². The van der Waals surface area contributed by atoms with Gasteiger partial charge in [0, 0.05) is 6.04 Å². The van der Waals surface area contributed by atoms with Crippen molar-refractivity contribution in [3.8, 4) is 0 Å². The maximum Gasteiger partial charge on any atom is 0.129 e. The maximum absolute atomic E-state index is 13.9. The van der Waals surface area contributed by atoms with Crippen LogP contribution in [0, 0.1) is 31.0 Å². The molecule has 1 aliphatic carbocycles. The van der Waals surface area contributed by atoms with E-state index in [1.54, 1.807) is 0 Å². The second kappa shape index (κ2) is 6.48. The maximum atomic E-state index is 13.9. The number of aryl methyl sites for hydroxylation is 2. The van der Waals surface area contributed by atoms with E-state index < -0.39 is 0 Å². The highest BCUT2D eigenvalue weighted by atomic mass is 19.1. The van der Waals surface area contributed by atoms with E-state index in [1.165, 1.54) is 37.7 Å². The van der Waals surface area contributed by atoms with Crippen molar-refractivity contribution in [2.45, 2.75) is 65.8 Å². The smallest absolute Gasteiger partial charge is 0.129 e. The highest BCUT2D eigenvalue weighted by Crippen LogP contribution is 2.51. The molecule has 1 aliphatic rings. The van der Waals surface area contributed by atoms with E-state index in [4.69, 9.17) is 0 Å². The molecule has 0 bridgehead atoms. The summed E-state index contributed by atoms with van der Waals surface area (Å²) in [4.78, 5) is 0. The number of benzene rings is 1. The van der Waals surface area contributed by atoms with Gasteiger partial charge in [0.15, 0.2) is 0 Å². The third-order valence-corrected chi connectivity index (χ3v) is 5.11. The molecule has 0 spiro atoms. The third-order valence-electron chi connectivity index (χ3n) is 5.11. The van der Waals surface area contributed by atoms with Crippen LogP contribution >= 0.6 is 0 Å². The minimum atomic E-state index is -0.0575. The van der Waals surface area contributed by atoms with Crippen molar-refractivity contribution in [1.29, 1.82) is 0 Å². The third kappa shape index (κ3) is 3.31. The molecular formula is C19H30FN. The summed E-state index contributed by atoms with van der Waals surface area (Å²) in [6.07, 6.45) is 6.46. The van der Waals surface area contributed by atoms with Gasteiger partial charge in [-0.15, -0.1) is 0 Å². The van der Waals surface area contributed by atoms with Crippen LogP contribution in [-0.4, -0.2) is 7.05 Å². The van der Waals surface area contributed by atoms with E-state index in [0.29, 0.717) is 17.4 Å². The molecule has 0 saturated heterocycles. The van der Waals surface area contributed by atoms with Gasteiger partial charge in [-0.05, 0) is 68.2 Å². The average molecular weight is 291 g/mol. The molecule has 1 atom stereocenters. The number of nitrogens with one attached hydrogen (secondary N) is 1. The van der Waals surface area contributed by atoms with Crippen LogP contribution in [0.15, 0.2) is 12.1 Å². The fourth-order valence-electron chi connectivity index (χ4n) is 4.48. The van der Waals surface area contributed by atoms with E-state index in [2.05, 4.69) is 26.2 Å². The standard InChI is InChI=1S/C19H30FN/c1-13(2)12-19(8-6-7-9-19)18(21-5)16-10-14(3)17(20)15(4)11-16/h10-11,13,18,21H,6-9,12H2,1-5H3. The molecular weight excluding hydrogens is 261 g/mol. The molecule has 21 heavy (non-hydrogen) atoms. The molecule has 2 heteroatoms. The van der Waals surface area contributed by atoms with Crippen molar-refractivity contribution in [2.24, 2.45) is 11.3 Å². The lowest BCUT2D eigenvalue weighted by atomic mass is 9.70. The van der Waals surface area contributed by atoms with Gasteiger partial charge in [-0.25, -0.2) is 4.39 Å². The summed E-state index contributed by atoms with van der Waals surface area (Å²) in [7, 11) is 2.05. The lowest BCUT2D eigenvalue weighted by Gasteiger charge is -2.39. The van der Waals surface area contributed by atoms with Crippen molar-refractivity contribution in [2.75, 3.05) is 7.05 Å². The molecule has 2 rings (SSSR count). The van der Waals surface area contributed by atoms with E-state index in [9.17, 15) is 4.39 Å². The second-order valence-electron chi connectivity index (χ2n) is 7.36. The Bertz CT molecular complexity index is 463. The lowest BCUT2D eigenvalue weighted by Crippen LogP contribution is -2.36. The summed E-state index contributed by atoms with van der Waals surface area (Å²) in [5, 5.41) is 3.56. The van der Waals surface area contributed by atoms with Gasteiger partial charge in [0.25, 0.3) is 0 Å². The van der Waals surface area contributed by atoms with Crippen LogP contribution in [0.5, 0.6) is 0 Å². The Kier molecular flexibility index (Phi) is 5.08. The molecule has 1 unspecified atom stereocenters. The van der Waals surface area contributed by atoms with E-state index in [1.807, 2.05) is 26.0 Å². The van der Waals surface area contributed by atoms with Crippen LogP contribution in [0.25, 0.3) is 0 Å². The van der Waals surface area contributed by atoms with Crippen LogP contribution in [-0.2, 0) is 0 Å². The van der Waals surface area contributed by atoms with Gasteiger partial charge in [-0.3, -0.25) is 0 Å². The molecule has 0 aliphatic heterocycles. The number of halogens is 1. The summed E-state index contributed by atoms with van der Waals surface area (Å²) in [5.74, 6) is 0.638. The Balaban J connectivity index is 2.41. The predicted octanol–water partition coefficient (Wildman–Crippen LogP) is 5.31. The Morgan fingerprint density at radius 2 is 1.67 bits per heavy atom. The van der Waals surface area contributed by atoms with Crippen LogP contribution in [0.2, 0.25) is 0 Å². The molecule has 1 fully saturated rings. The van der Waals surface area contributed by atoms with Gasteiger partial charge in [-0.1, -0.05) is 38.8 Å². The van der Waals surface area contributed by atoms with Gasteiger partial charge in [0.05, 0.1) is 0 Å². The van der Waals surface area contributed by atoms with Crippen LogP contribution in [0.3, 0.4) is 0 Å². The molecule has 1 saturated carbocycles. The minimum Gasteiger partial charge on any atom is -0.313 e. The van der Waals surface area contributed by atoms with Crippen molar-refractivity contribution in [3.05, 3.63) is 34.6 Å². The molecule has 0 heterocycles. The van der Waals surface area contributed by atoms with E-state index in [-0.39, 0.29) is 5.82 Å². The number of hydrogen-bond acceptors (Lipinski definition) is 1. The Morgan fingerprint density at radius 3 is 2.10 bits per heavy atom. The fourth-order valence-corrected chi connectivity index (χ4v) is 4.48. The van der Waals surface area contributed by atoms with Crippen molar-refractivity contribution in [1.82, 2.24) is 5.32 Å². The lowest BCUT2D eigenvalue weighted by molar-refractivity contribution is 0.161. The van der Waals surface area contributed by atoms with E-state index in [0.717, 1.165) is 11.1 Å². The normalized spacial score (nSPS) is 19.2. The van der Waals surface area contributed by atoms with Crippen molar-refractivity contribution in [3.63, 3.8) is 0 Å². The van der Waals surface area contributed by atoms with Crippen LogP contribution in [0.1, 0.15) is 68.7 Å². The Morgan fingerprint density at radius 1 is 1.14 bits per heavy atom. The highest BCUT2D eigenvalue weighted by Gasteiger charge is 2.41. The average Bonchev–Trinajstić information content (AvgIpc) is 2.85. The quantitative estimate of drug-likeness (QED) is 0.775. The van der Waals surface area contributed by atoms with E-state index >= 15 is 0 Å². The van der Waals surface area contributed by atoms with Crippen molar-refractivity contribution >= 4 is 0 Å². The first-order valence-electron chi connectivity index (χ1n) is 8.33. The molecule has 0 radical (unpaired) electrons. The highest BCUT2D eigenvalue weighted by molar-refractivity contribution is 5.33. The first-order valence-corrected chi connectivity index (χ1v) is 8.33. The molecule has 0 aromatic heterocycles. The zero-order valence-corrected chi connectivity index (χ0v) is 14.2. The van der Waals surface area contributed by atoms with Gasteiger partial charge >= 0.3 is 0 Å². The SMILES string of the molecule is CNC(c1cc(C)c(F)c(C)c1)C1(CC(C)C)CCCC1. The molecule has 1 aromatic rings. The van der Waals surface area contributed by atoms with Gasteiger partial charge in [0.2, 0.25) is 0 Å². The van der Waals surface area contributed by atoms with Crippen LogP contribution in [0.4, 0.5) is 4.39 Å². The summed E-state index contributed by atoms with van der Waals surface area (Å²) >= 11 is 0. The van der Waals surface area contributed by atoms with Crippen molar-refractivity contribution < 1.29 is 4.39 Å². The van der Waals surface area contributed by atoms with Gasteiger partial charge in [-0.2, -0.15) is 0 Å². The Labute approximate surface area is 129 Å². The zero-order valence-electron chi connectivity index (χ0n) is 14.2. The number of hydrogen-bond donors (Lipinski definition) is 1. The predicted molar refractivity (Wildman–Crippen MR) is 88.0 cm³/mol. The summed E-state index contributed by atoms with van der Waals surface area (Å²) < 4.78 is 13.9. The summed E-state index contributed by atoms with van der Waals surface area (Å²) in [6, 6.07) is 4.42. The monoisotopic (exact) mass is 291 g/mol. The second-order valence-corrected chi connectivity index (χ2v) is 7.36. The first kappa shape index (κ1) is 16.5.